The molecule has 1 heterocycles. The van der Waals surface area contributed by atoms with Gasteiger partial charge in [-0.15, -0.1) is 0 Å². The van der Waals surface area contributed by atoms with Gasteiger partial charge in [0.1, 0.15) is 6.61 Å². The molecule has 1 aliphatic heterocycles. The summed E-state index contributed by atoms with van der Waals surface area (Å²) in [6.07, 6.45) is 2.16. The molecule has 0 unspecified atom stereocenters. The molecule has 0 bridgehead atoms. The van der Waals surface area contributed by atoms with Gasteiger partial charge < -0.3 is 4.74 Å². The standard InChI is InChI=1S/C9H16NO.6ClH.Sb/c1-7(2)10-5-8(3)6-11-9(10)4;;;;;;;/h5,7H,6H2,1-4H3;6*1H;/q+1;;;;;;;+5/p-6. The molecule has 0 aliphatic carbocycles. The molecule has 9 heteroatoms. The molecule has 0 spiro atoms. The Bertz CT molecular complexity index is 369. The quantitative estimate of drug-likeness (QED) is 0.350. The summed E-state index contributed by atoms with van der Waals surface area (Å²) in [5.74, 6) is 1.01. The van der Waals surface area contributed by atoms with E-state index in [-0.39, 0.29) is 0 Å². The van der Waals surface area contributed by atoms with Gasteiger partial charge in [0.25, 0.3) is 0 Å². The van der Waals surface area contributed by atoms with Gasteiger partial charge in [-0.05, 0) is 20.8 Å². The second kappa shape index (κ2) is 5.87. The monoisotopic (exact) mass is 485 g/mol. The van der Waals surface area contributed by atoms with Crippen molar-refractivity contribution in [3.05, 3.63) is 11.8 Å². The minimum absolute atomic E-state index is 0.491. The molecule has 0 saturated carbocycles. The number of rotatable bonds is 1. The number of hydrogen-bond donors (Lipinski definition) is 0. The van der Waals surface area contributed by atoms with E-state index in [9.17, 15) is 0 Å². The first-order valence-electron chi connectivity index (χ1n) is 5.04. The van der Waals surface area contributed by atoms with E-state index in [0.717, 1.165) is 12.5 Å². The predicted octanol–water partition coefficient (Wildman–Crippen LogP) is 5.52. The summed E-state index contributed by atoms with van der Waals surface area (Å²) in [5.41, 5.74) is 1.28. The van der Waals surface area contributed by atoms with Gasteiger partial charge in [0.05, 0.1) is 6.92 Å². The van der Waals surface area contributed by atoms with Crippen molar-refractivity contribution in [1.82, 2.24) is 0 Å². The first-order valence-corrected chi connectivity index (χ1v) is 24.4. The van der Waals surface area contributed by atoms with Crippen LogP contribution in [0.2, 0.25) is 0 Å². The molecule has 0 aromatic heterocycles. The molecule has 110 valence electrons. The van der Waals surface area contributed by atoms with Gasteiger partial charge in [-0.2, -0.15) is 4.58 Å². The third-order valence-electron chi connectivity index (χ3n) is 1.79. The number of halogens is 6. The van der Waals surface area contributed by atoms with Crippen molar-refractivity contribution in [2.45, 2.75) is 33.7 Å². The molecule has 0 atom stereocenters. The molecule has 2 nitrogen and oxygen atoms in total. The first kappa shape index (κ1) is 19.8. The second-order valence-electron chi connectivity index (χ2n) is 4.24. The van der Waals surface area contributed by atoms with Gasteiger partial charge in [-0.3, -0.25) is 0 Å². The van der Waals surface area contributed by atoms with Crippen LogP contribution >= 0.6 is 53.0 Å². The van der Waals surface area contributed by atoms with Crippen LogP contribution in [0.25, 0.3) is 0 Å². The Kier molecular flexibility index (Phi) is 6.45. The molecule has 18 heavy (non-hydrogen) atoms. The van der Waals surface area contributed by atoms with E-state index in [1.165, 1.54) is 5.57 Å². The van der Waals surface area contributed by atoms with E-state index in [1.54, 1.807) is 0 Å². The van der Waals surface area contributed by atoms with Gasteiger partial charge in [-0.1, -0.05) is 0 Å². The van der Waals surface area contributed by atoms with Crippen LogP contribution < -0.4 is 0 Å². The van der Waals surface area contributed by atoms with Crippen molar-refractivity contribution in [2.24, 2.45) is 0 Å². The van der Waals surface area contributed by atoms with E-state index in [4.69, 9.17) is 57.7 Å². The molecule has 0 amide bonds. The van der Waals surface area contributed by atoms with Crippen LogP contribution in [0.5, 0.6) is 0 Å². The average molecular weight is 489 g/mol. The van der Waals surface area contributed by atoms with E-state index in [1.807, 2.05) is 6.92 Å². The predicted molar refractivity (Wildman–Crippen MR) is 86.7 cm³/mol. The van der Waals surface area contributed by atoms with E-state index in [2.05, 4.69) is 31.5 Å². The topological polar surface area (TPSA) is 12.2 Å². The van der Waals surface area contributed by atoms with Crippen molar-refractivity contribution in [2.75, 3.05) is 6.61 Å². The van der Waals surface area contributed by atoms with Crippen molar-refractivity contribution in [3.63, 3.8) is 0 Å². The normalized spacial score (nSPS) is 20.3. The van der Waals surface area contributed by atoms with Crippen LogP contribution in [-0.4, -0.2) is 32.3 Å². The Balaban J connectivity index is 0.000000360. The summed E-state index contributed by atoms with van der Waals surface area (Å²) in [7, 11) is 25.0. The minimum atomic E-state index is -5.42. The Labute approximate surface area is 128 Å². The maximum atomic E-state index is 5.44. The average Bonchev–Trinajstić information content (AvgIpc) is 2.03. The molecule has 1 rings (SSSR count). The summed E-state index contributed by atoms with van der Waals surface area (Å²) >= 11 is 0. The molecule has 0 N–H and O–H groups in total. The zero-order valence-corrected chi connectivity index (χ0v) is 17.5. The molecule has 1 aliphatic rings. The SMILES string of the molecule is CC1=C[N+](C(C)C)=C(C)OC1.[Cl][Sb-]([Cl])([Cl])([Cl])([Cl])[Cl]. The fraction of sp³-hybridized carbons (Fsp3) is 0.667. The van der Waals surface area contributed by atoms with E-state index >= 15 is 0 Å². The summed E-state index contributed by atoms with van der Waals surface area (Å²) < 4.78 is 7.59. The maximum absolute atomic E-state index is 5.44. The summed E-state index contributed by atoms with van der Waals surface area (Å²) in [6, 6.07) is 0.491. The Morgan fingerprint density at radius 2 is 1.50 bits per heavy atom. The van der Waals surface area contributed by atoms with Crippen molar-refractivity contribution < 1.29 is 9.31 Å². The number of ether oxygens (including phenoxy) is 1. The van der Waals surface area contributed by atoms with Crippen LogP contribution in [-0.2, 0) is 4.74 Å². The Morgan fingerprint density at radius 3 is 1.78 bits per heavy atom. The molecule has 0 aromatic carbocycles. The number of hydrogen-bond acceptors (Lipinski definition) is 1. The van der Waals surface area contributed by atoms with Gasteiger partial charge >= 0.3 is 68.0 Å². The summed E-state index contributed by atoms with van der Waals surface area (Å²) in [6.45, 7) is 9.14. The first-order chi connectivity index (χ1) is 7.56. The second-order valence-corrected chi connectivity index (χ2v) is 61.1. The van der Waals surface area contributed by atoms with E-state index in [0.29, 0.717) is 6.04 Å². The van der Waals surface area contributed by atoms with Crippen molar-refractivity contribution in [1.29, 1.82) is 0 Å². The van der Waals surface area contributed by atoms with Gasteiger partial charge in [0.15, 0.2) is 12.2 Å². The van der Waals surface area contributed by atoms with Gasteiger partial charge in [-0.25, -0.2) is 0 Å². The van der Waals surface area contributed by atoms with Crippen molar-refractivity contribution in [3.8, 4) is 0 Å². The number of nitrogens with zero attached hydrogens (tertiary/aromatic N) is 1. The zero-order valence-electron chi connectivity index (χ0n) is 10.4. The molecule has 0 radical (unpaired) electrons. The molecular weight excluding hydrogens is 473 g/mol. The van der Waals surface area contributed by atoms with Crippen LogP contribution in [0.15, 0.2) is 11.8 Å². The zero-order chi connectivity index (χ0) is 14.8. The third kappa shape index (κ3) is 14.2. The third-order valence-corrected chi connectivity index (χ3v) is 1.79. The van der Waals surface area contributed by atoms with E-state index < -0.39 is 9.14 Å². The molecule has 0 fully saturated rings. The summed E-state index contributed by atoms with van der Waals surface area (Å²) in [5, 5.41) is 0. The van der Waals surface area contributed by atoms with Gasteiger partial charge in [0, 0.05) is 5.57 Å². The van der Waals surface area contributed by atoms with Crippen LogP contribution in [0, 0.1) is 0 Å². The summed E-state index contributed by atoms with van der Waals surface area (Å²) in [4.78, 5) is 0. The Hall–Kier alpha value is 1.77. The fourth-order valence-electron chi connectivity index (χ4n) is 1.17. The van der Waals surface area contributed by atoms with Crippen molar-refractivity contribution >= 4 is 68.0 Å². The molecular formula is C9H16Cl6NOSb. The molecule has 0 aromatic rings. The van der Waals surface area contributed by atoms with Gasteiger partial charge in [0.2, 0.25) is 0 Å². The molecule has 0 saturated heterocycles. The van der Waals surface area contributed by atoms with Crippen LogP contribution in [0.1, 0.15) is 27.7 Å². The van der Waals surface area contributed by atoms with Crippen LogP contribution in [0.3, 0.4) is 0 Å². The fourth-order valence-corrected chi connectivity index (χ4v) is 1.17. The Morgan fingerprint density at radius 1 is 1.11 bits per heavy atom. The van der Waals surface area contributed by atoms with Crippen LogP contribution in [0.4, 0.5) is 0 Å².